The first-order valence-corrected chi connectivity index (χ1v) is 10.9. The third-order valence-corrected chi connectivity index (χ3v) is 6.28. The van der Waals surface area contributed by atoms with E-state index in [1.165, 1.54) is 11.8 Å². The van der Waals surface area contributed by atoms with Crippen LogP contribution in [0.4, 0.5) is 5.95 Å². The van der Waals surface area contributed by atoms with Crippen LogP contribution in [0.3, 0.4) is 0 Å². The van der Waals surface area contributed by atoms with Gasteiger partial charge in [-0.1, -0.05) is 36.0 Å². The van der Waals surface area contributed by atoms with Crippen LogP contribution in [-0.2, 0) is 10.5 Å². The normalized spacial score (nSPS) is 17.7. The maximum atomic E-state index is 12.9. The number of pyridine rings is 1. The number of nitrogens with one attached hydrogen (secondary N) is 1. The van der Waals surface area contributed by atoms with E-state index < -0.39 is 12.0 Å². The van der Waals surface area contributed by atoms with Crippen LogP contribution in [-0.4, -0.2) is 36.6 Å². The summed E-state index contributed by atoms with van der Waals surface area (Å²) in [6.07, 6.45) is 3.66. The van der Waals surface area contributed by atoms with Gasteiger partial charge in [0.1, 0.15) is 6.04 Å². The monoisotopic (exact) mass is 433 g/mol. The van der Waals surface area contributed by atoms with Gasteiger partial charge in [0.05, 0.1) is 11.3 Å². The van der Waals surface area contributed by atoms with E-state index in [9.17, 15) is 14.7 Å². The molecule has 156 valence electrons. The second kappa shape index (κ2) is 7.99. The van der Waals surface area contributed by atoms with Gasteiger partial charge in [0.25, 0.3) is 0 Å². The summed E-state index contributed by atoms with van der Waals surface area (Å²) in [4.78, 5) is 33.7. The Morgan fingerprint density at radius 3 is 2.84 bits per heavy atom. The first-order valence-electron chi connectivity index (χ1n) is 9.96. The number of carboxylic acids is 1. The Bertz CT molecular complexity index is 1200. The van der Waals surface area contributed by atoms with Gasteiger partial charge in [-0.05, 0) is 36.6 Å². The molecule has 2 aromatic heterocycles. The van der Waals surface area contributed by atoms with E-state index in [1.54, 1.807) is 35.1 Å². The summed E-state index contributed by atoms with van der Waals surface area (Å²) < 4.78 is 1.64. The lowest BCUT2D eigenvalue weighted by Gasteiger charge is -2.32. The van der Waals surface area contributed by atoms with Crippen LogP contribution < -0.4 is 5.32 Å². The summed E-state index contributed by atoms with van der Waals surface area (Å²) >= 11 is 1.44. The number of ketones is 1. The van der Waals surface area contributed by atoms with Crippen LogP contribution in [0.1, 0.15) is 46.9 Å². The maximum absolute atomic E-state index is 12.9. The van der Waals surface area contributed by atoms with Crippen LogP contribution in [0, 0.1) is 0 Å². The molecule has 8 nitrogen and oxygen atoms in total. The standard InChI is InChI=1S/C22H19N5O3S/c28-17-10-5-9-16-18(17)19(14-7-1-2-8-15(14)20(29)30)27-21(24-16)25-22(26-27)31-12-13-6-3-4-11-23-13/h1-4,6-8,11,19H,5,9-10,12H2,(H,29,30)(H,24,25,26)/t19-/m0/s1. The average Bonchev–Trinajstić information content (AvgIpc) is 3.19. The van der Waals surface area contributed by atoms with Crippen LogP contribution in [0.15, 0.2) is 65.1 Å². The number of carboxylic acid groups (broad SMARTS) is 1. The highest BCUT2D eigenvalue weighted by Gasteiger charge is 2.38. The molecule has 31 heavy (non-hydrogen) atoms. The molecule has 0 radical (unpaired) electrons. The fraction of sp³-hybridized carbons (Fsp3) is 0.227. The number of hydrogen-bond acceptors (Lipinski definition) is 7. The molecule has 0 amide bonds. The molecule has 3 heterocycles. The average molecular weight is 433 g/mol. The SMILES string of the molecule is O=C1CCCC2=C1[C@H](c1ccccc1C(=O)O)n1nc(SCc3ccccn3)nc1N2. The highest BCUT2D eigenvalue weighted by atomic mass is 32.2. The number of carbonyl (C=O) groups is 2. The lowest BCUT2D eigenvalue weighted by molar-refractivity contribution is -0.116. The van der Waals surface area contributed by atoms with E-state index in [4.69, 9.17) is 0 Å². The molecule has 1 aliphatic carbocycles. The number of hydrogen-bond donors (Lipinski definition) is 2. The molecule has 0 spiro atoms. The molecule has 5 rings (SSSR count). The quantitative estimate of drug-likeness (QED) is 0.586. The number of Topliss-reactive ketones (excluding diaryl/α,β-unsaturated/α-hetero) is 1. The molecule has 0 saturated heterocycles. The number of aromatic nitrogens is 4. The smallest absolute Gasteiger partial charge is 0.336 e. The Hall–Kier alpha value is -3.46. The molecule has 0 unspecified atom stereocenters. The minimum Gasteiger partial charge on any atom is -0.478 e. The molecule has 9 heteroatoms. The largest absolute Gasteiger partial charge is 0.478 e. The molecule has 3 aromatic rings. The van der Waals surface area contributed by atoms with Crippen LogP contribution in [0.5, 0.6) is 0 Å². The number of thioether (sulfide) groups is 1. The lowest BCUT2D eigenvalue weighted by atomic mass is 9.84. The number of benzene rings is 1. The predicted molar refractivity (Wildman–Crippen MR) is 115 cm³/mol. The molecular weight excluding hydrogens is 414 g/mol. The van der Waals surface area contributed by atoms with Crippen molar-refractivity contribution in [3.8, 4) is 0 Å². The van der Waals surface area contributed by atoms with Crippen molar-refractivity contribution in [2.24, 2.45) is 0 Å². The second-order valence-electron chi connectivity index (χ2n) is 7.36. The number of nitrogens with zero attached hydrogens (tertiary/aromatic N) is 4. The zero-order valence-electron chi connectivity index (χ0n) is 16.5. The van der Waals surface area contributed by atoms with Gasteiger partial charge in [-0.25, -0.2) is 9.48 Å². The lowest BCUT2D eigenvalue weighted by Crippen LogP contribution is -2.32. The second-order valence-corrected chi connectivity index (χ2v) is 8.30. The van der Waals surface area contributed by atoms with Crippen molar-refractivity contribution in [1.29, 1.82) is 0 Å². The summed E-state index contributed by atoms with van der Waals surface area (Å²) in [5.74, 6) is 0.100. The van der Waals surface area contributed by atoms with E-state index in [0.717, 1.165) is 24.2 Å². The van der Waals surface area contributed by atoms with Crippen molar-refractivity contribution >= 4 is 29.5 Å². The first kappa shape index (κ1) is 19.5. The van der Waals surface area contributed by atoms with Gasteiger partial charge in [-0.2, -0.15) is 4.98 Å². The van der Waals surface area contributed by atoms with E-state index >= 15 is 0 Å². The summed E-state index contributed by atoms with van der Waals surface area (Å²) in [6.45, 7) is 0. The van der Waals surface area contributed by atoms with Crippen molar-refractivity contribution in [2.45, 2.75) is 36.2 Å². The fourth-order valence-electron chi connectivity index (χ4n) is 4.04. The number of rotatable bonds is 5. The molecule has 1 aliphatic heterocycles. The Morgan fingerprint density at radius 2 is 2.03 bits per heavy atom. The Labute approximate surface area is 182 Å². The molecule has 1 aromatic carbocycles. The van der Waals surface area contributed by atoms with Gasteiger partial charge in [0.2, 0.25) is 11.1 Å². The zero-order chi connectivity index (χ0) is 21.4. The molecule has 2 N–H and O–H groups in total. The number of aromatic carboxylic acids is 1. The Morgan fingerprint density at radius 1 is 1.19 bits per heavy atom. The van der Waals surface area contributed by atoms with Crippen LogP contribution in [0.25, 0.3) is 0 Å². The van der Waals surface area contributed by atoms with Crippen molar-refractivity contribution in [3.63, 3.8) is 0 Å². The van der Waals surface area contributed by atoms with Crippen molar-refractivity contribution in [1.82, 2.24) is 19.7 Å². The first-order chi connectivity index (χ1) is 15.1. The summed E-state index contributed by atoms with van der Waals surface area (Å²) in [7, 11) is 0. The molecule has 0 bridgehead atoms. The predicted octanol–water partition coefficient (Wildman–Crippen LogP) is 3.69. The number of carbonyl (C=O) groups excluding carboxylic acids is 1. The van der Waals surface area contributed by atoms with Crippen molar-refractivity contribution < 1.29 is 14.7 Å². The van der Waals surface area contributed by atoms with Gasteiger partial charge in [-0.15, -0.1) is 5.10 Å². The van der Waals surface area contributed by atoms with Crippen LogP contribution >= 0.6 is 11.8 Å². The molecule has 0 fully saturated rings. The van der Waals surface area contributed by atoms with E-state index in [-0.39, 0.29) is 11.3 Å². The van der Waals surface area contributed by atoms with Gasteiger partial charge in [0.15, 0.2) is 5.78 Å². The van der Waals surface area contributed by atoms with Crippen molar-refractivity contribution in [2.75, 3.05) is 5.32 Å². The molecule has 0 saturated carbocycles. The van der Waals surface area contributed by atoms with Gasteiger partial charge >= 0.3 is 5.97 Å². The summed E-state index contributed by atoms with van der Waals surface area (Å²) in [6, 6.07) is 11.9. The van der Waals surface area contributed by atoms with E-state index in [0.29, 0.717) is 34.4 Å². The molecule has 2 aliphatic rings. The van der Waals surface area contributed by atoms with Gasteiger partial charge in [-0.3, -0.25) is 9.78 Å². The highest BCUT2D eigenvalue weighted by molar-refractivity contribution is 7.98. The minimum atomic E-state index is -1.04. The third-order valence-electron chi connectivity index (χ3n) is 5.41. The topological polar surface area (TPSA) is 110 Å². The van der Waals surface area contributed by atoms with Crippen LogP contribution in [0.2, 0.25) is 0 Å². The number of fused-ring (bicyclic) bond motifs is 1. The Balaban J connectivity index is 1.57. The number of anilines is 1. The molecular formula is C22H19N5O3S. The molecule has 1 atom stereocenters. The fourth-order valence-corrected chi connectivity index (χ4v) is 4.78. The van der Waals surface area contributed by atoms with Gasteiger partial charge < -0.3 is 10.4 Å². The maximum Gasteiger partial charge on any atom is 0.336 e. The highest BCUT2D eigenvalue weighted by Crippen LogP contribution is 2.41. The summed E-state index contributed by atoms with van der Waals surface area (Å²) in [5, 5.41) is 18.2. The Kier molecular flexibility index (Phi) is 5.03. The number of allylic oxidation sites excluding steroid dienone is 2. The summed E-state index contributed by atoms with van der Waals surface area (Å²) in [5.41, 5.74) is 2.99. The van der Waals surface area contributed by atoms with E-state index in [1.807, 2.05) is 18.2 Å². The van der Waals surface area contributed by atoms with E-state index in [2.05, 4.69) is 20.4 Å². The van der Waals surface area contributed by atoms with Gasteiger partial charge in [0, 0.05) is 29.6 Å². The zero-order valence-corrected chi connectivity index (χ0v) is 17.3. The third kappa shape index (κ3) is 3.61. The minimum absolute atomic E-state index is 0.0165. The van der Waals surface area contributed by atoms with Crippen molar-refractivity contribution in [3.05, 3.63) is 76.8 Å².